The van der Waals surface area contributed by atoms with Gasteiger partial charge in [-0.2, -0.15) is 0 Å². The number of carbonyl (C=O) groups is 1. The molecule has 2 aromatic carbocycles. The van der Waals surface area contributed by atoms with Crippen LogP contribution in [0.5, 0.6) is 0 Å². The van der Waals surface area contributed by atoms with E-state index in [0.717, 1.165) is 28.8 Å². The molecule has 1 aliphatic rings. The van der Waals surface area contributed by atoms with Crippen molar-refractivity contribution >= 4 is 16.7 Å². The number of hydrogen-bond acceptors (Lipinski definition) is 4. The van der Waals surface area contributed by atoms with Crippen molar-refractivity contribution in [1.82, 2.24) is 19.4 Å². The second-order valence-corrected chi connectivity index (χ2v) is 8.71. The minimum atomic E-state index is 0.0709. The van der Waals surface area contributed by atoms with Crippen molar-refractivity contribution in [2.45, 2.75) is 19.9 Å². The largest absolute Gasteiger partial charge is 0.379 e. The minimum Gasteiger partial charge on any atom is -0.379 e. The average Bonchev–Trinajstić information content (AvgIpc) is 3.10. The summed E-state index contributed by atoms with van der Waals surface area (Å²) in [7, 11) is 0. The Morgan fingerprint density at radius 2 is 2.03 bits per heavy atom. The third-order valence-electron chi connectivity index (χ3n) is 6.37. The molecule has 0 bridgehead atoms. The number of nitrogens with zero attached hydrogens (tertiary/aromatic N) is 4. The van der Waals surface area contributed by atoms with Gasteiger partial charge < -0.3 is 14.2 Å². The summed E-state index contributed by atoms with van der Waals surface area (Å²) in [5, 5.41) is 2.33. The lowest BCUT2D eigenvalue weighted by Crippen LogP contribution is -2.37. The predicted molar refractivity (Wildman–Crippen MR) is 128 cm³/mol. The van der Waals surface area contributed by atoms with Gasteiger partial charge in [0.1, 0.15) is 5.82 Å². The number of benzene rings is 2. The number of imidazole rings is 1. The molecule has 0 radical (unpaired) electrons. The molecule has 33 heavy (non-hydrogen) atoms. The summed E-state index contributed by atoms with van der Waals surface area (Å²) in [5.41, 5.74) is 3.00. The highest BCUT2D eigenvalue weighted by atomic mass is 16.5. The van der Waals surface area contributed by atoms with Crippen molar-refractivity contribution < 1.29 is 9.53 Å². The summed E-state index contributed by atoms with van der Waals surface area (Å²) in [4.78, 5) is 24.1. The maximum atomic E-state index is 13.6. The zero-order valence-electron chi connectivity index (χ0n) is 18.9. The first kappa shape index (κ1) is 21.3. The molecule has 0 spiro atoms. The summed E-state index contributed by atoms with van der Waals surface area (Å²) in [6.07, 6.45) is 8.32. The zero-order valence-corrected chi connectivity index (χ0v) is 18.9. The van der Waals surface area contributed by atoms with E-state index < -0.39 is 0 Å². The maximum absolute atomic E-state index is 13.6. The van der Waals surface area contributed by atoms with E-state index in [1.165, 1.54) is 10.9 Å². The molecule has 1 fully saturated rings. The van der Waals surface area contributed by atoms with Gasteiger partial charge in [0.05, 0.1) is 13.2 Å². The van der Waals surface area contributed by atoms with Crippen molar-refractivity contribution in [2.24, 2.45) is 5.92 Å². The molecule has 5 rings (SSSR count). The van der Waals surface area contributed by atoms with Crippen molar-refractivity contribution in [3.05, 3.63) is 95.8 Å². The van der Waals surface area contributed by atoms with Gasteiger partial charge >= 0.3 is 0 Å². The first-order chi connectivity index (χ1) is 16.2. The minimum absolute atomic E-state index is 0.0709. The second kappa shape index (κ2) is 9.55. The fourth-order valence-electron chi connectivity index (χ4n) is 4.57. The number of pyridine rings is 1. The van der Waals surface area contributed by atoms with Crippen LogP contribution in [0.25, 0.3) is 10.8 Å². The molecule has 0 saturated carbocycles. The molecule has 1 aliphatic heterocycles. The molecular formula is C27H28N4O2. The highest BCUT2D eigenvalue weighted by Gasteiger charge is 2.25. The Morgan fingerprint density at radius 3 is 2.91 bits per heavy atom. The molecule has 0 aliphatic carbocycles. The van der Waals surface area contributed by atoms with E-state index in [2.05, 4.69) is 32.7 Å². The monoisotopic (exact) mass is 440 g/mol. The van der Waals surface area contributed by atoms with Gasteiger partial charge in [-0.15, -0.1) is 0 Å². The fraction of sp³-hybridized carbons (Fsp3) is 0.296. The quantitative estimate of drug-likeness (QED) is 0.468. The highest BCUT2D eigenvalue weighted by molar-refractivity contribution is 5.95. The van der Waals surface area contributed by atoms with Gasteiger partial charge in [-0.3, -0.25) is 9.78 Å². The summed E-state index contributed by atoms with van der Waals surface area (Å²) >= 11 is 0. The third kappa shape index (κ3) is 4.81. The molecule has 6 nitrogen and oxygen atoms in total. The molecular weight excluding hydrogens is 412 g/mol. The smallest absolute Gasteiger partial charge is 0.254 e. The molecule has 3 heterocycles. The van der Waals surface area contributed by atoms with E-state index in [0.29, 0.717) is 32.8 Å². The number of hydrogen-bond donors (Lipinski definition) is 0. The van der Waals surface area contributed by atoms with Crippen LogP contribution in [0.2, 0.25) is 0 Å². The van der Waals surface area contributed by atoms with Gasteiger partial charge in [-0.25, -0.2) is 4.98 Å². The number of carbonyl (C=O) groups excluding carboxylic acids is 1. The van der Waals surface area contributed by atoms with E-state index in [9.17, 15) is 4.79 Å². The molecule has 1 atom stereocenters. The first-order valence-corrected chi connectivity index (χ1v) is 11.4. The summed E-state index contributed by atoms with van der Waals surface area (Å²) in [5.74, 6) is 1.25. The number of aryl methyl sites for hydroxylation is 1. The summed E-state index contributed by atoms with van der Waals surface area (Å²) < 4.78 is 7.96. The number of fused-ring (bicyclic) bond motifs is 1. The van der Waals surface area contributed by atoms with Crippen molar-refractivity contribution in [2.75, 3.05) is 26.3 Å². The Balaban J connectivity index is 1.33. The molecule has 1 saturated heterocycles. The lowest BCUT2D eigenvalue weighted by Gasteiger charge is -2.25. The molecule has 1 unspecified atom stereocenters. The van der Waals surface area contributed by atoms with Gasteiger partial charge in [0, 0.05) is 61.3 Å². The van der Waals surface area contributed by atoms with Crippen LogP contribution in [-0.4, -0.2) is 51.6 Å². The topological polar surface area (TPSA) is 60.2 Å². The fourth-order valence-corrected chi connectivity index (χ4v) is 4.57. The van der Waals surface area contributed by atoms with Gasteiger partial charge in [-0.1, -0.05) is 30.3 Å². The van der Waals surface area contributed by atoms with Crippen LogP contribution in [0, 0.1) is 12.8 Å². The van der Waals surface area contributed by atoms with Crippen LogP contribution in [0.3, 0.4) is 0 Å². The van der Waals surface area contributed by atoms with E-state index in [1.54, 1.807) is 6.20 Å². The van der Waals surface area contributed by atoms with Crippen LogP contribution < -0.4 is 0 Å². The summed E-state index contributed by atoms with van der Waals surface area (Å²) in [6.45, 7) is 5.12. The zero-order chi connectivity index (χ0) is 22.6. The van der Waals surface area contributed by atoms with Crippen LogP contribution in [0.15, 0.2) is 73.3 Å². The molecule has 6 heteroatoms. The Hall–Kier alpha value is -3.51. The van der Waals surface area contributed by atoms with Gasteiger partial charge in [0.25, 0.3) is 5.91 Å². The Morgan fingerprint density at radius 1 is 1.12 bits per heavy atom. The predicted octanol–water partition coefficient (Wildman–Crippen LogP) is 4.12. The lowest BCUT2D eigenvalue weighted by molar-refractivity contribution is 0.0736. The molecule has 4 aromatic rings. The van der Waals surface area contributed by atoms with E-state index in [1.807, 2.05) is 60.7 Å². The third-order valence-corrected chi connectivity index (χ3v) is 6.37. The SMILES string of the molecule is Cc1nccn1Cc1ccccc1C(=O)N1CCOCC(Cc2ccc3ccncc3c2)C1. The lowest BCUT2D eigenvalue weighted by atomic mass is 9.97. The van der Waals surface area contributed by atoms with Crippen LogP contribution in [0.1, 0.15) is 27.3 Å². The standard InChI is InChI=1S/C27H28N4O2/c1-20-29-10-11-30(20)18-24-4-2-3-5-26(24)27(32)31-12-13-33-19-22(17-31)14-21-6-7-23-8-9-28-16-25(23)15-21/h2-11,15-16,22H,12-14,17-19H2,1H3. The number of rotatable bonds is 5. The number of aromatic nitrogens is 3. The molecule has 1 amide bonds. The normalized spacial score (nSPS) is 16.6. The van der Waals surface area contributed by atoms with Crippen LogP contribution >= 0.6 is 0 Å². The molecule has 2 aromatic heterocycles. The molecule has 168 valence electrons. The Labute approximate surface area is 193 Å². The number of amides is 1. The second-order valence-electron chi connectivity index (χ2n) is 8.71. The van der Waals surface area contributed by atoms with E-state index >= 15 is 0 Å². The van der Waals surface area contributed by atoms with E-state index in [4.69, 9.17) is 4.74 Å². The molecule has 0 N–H and O–H groups in total. The number of ether oxygens (including phenoxy) is 1. The van der Waals surface area contributed by atoms with Gasteiger partial charge in [0.2, 0.25) is 0 Å². The van der Waals surface area contributed by atoms with Crippen LogP contribution in [-0.2, 0) is 17.7 Å². The first-order valence-electron chi connectivity index (χ1n) is 11.4. The summed E-state index contributed by atoms with van der Waals surface area (Å²) in [6, 6.07) is 16.4. The maximum Gasteiger partial charge on any atom is 0.254 e. The van der Waals surface area contributed by atoms with Crippen LogP contribution in [0.4, 0.5) is 0 Å². The highest BCUT2D eigenvalue weighted by Crippen LogP contribution is 2.21. The van der Waals surface area contributed by atoms with Crippen molar-refractivity contribution in [1.29, 1.82) is 0 Å². The van der Waals surface area contributed by atoms with Gasteiger partial charge in [0.15, 0.2) is 0 Å². The average molecular weight is 441 g/mol. The van der Waals surface area contributed by atoms with Gasteiger partial charge in [-0.05, 0) is 48.1 Å². The van der Waals surface area contributed by atoms with Crippen molar-refractivity contribution in [3.8, 4) is 0 Å². The Bertz CT molecular complexity index is 1270. The van der Waals surface area contributed by atoms with E-state index in [-0.39, 0.29) is 11.8 Å². The van der Waals surface area contributed by atoms with Crippen molar-refractivity contribution in [3.63, 3.8) is 0 Å². The Kier molecular flexibility index (Phi) is 6.17.